The average molecular weight is 599 g/mol. The zero-order valence-electron chi connectivity index (χ0n) is 24.9. The molecule has 2 atom stereocenters. The van der Waals surface area contributed by atoms with Gasteiger partial charge in [-0.2, -0.15) is 0 Å². The molecule has 6 rings (SSSR count). The van der Waals surface area contributed by atoms with E-state index in [9.17, 15) is 19.5 Å². The molecule has 3 aromatic rings. The molecule has 2 aromatic carbocycles. The van der Waals surface area contributed by atoms with Gasteiger partial charge in [-0.25, -0.2) is 0 Å². The van der Waals surface area contributed by atoms with Gasteiger partial charge < -0.3 is 24.9 Å². The number of anilines is 3. The molecule has 11 nitrogen and oxygen atoms in total. The molecule has 0 aliphatic carbocycles. The summed E-state index contributed by atoms with van der Waals surface area (Å²) >= 11 is 0. The van der Waals surface area contributed by atoms with Crippen molar-refractivity contribution in [3.8, 4) is 0 Å². The second-order valence-electron chi connectivity index (χ2n) is 11.8. The molecule has 0 unspecified atom stereocenters. The van der Waals surface area contributed by atoms with Crippen LogP contribution in [0.5, 0.6) is 0 Å². The number of rotatable bonds is 11. The smallest absolute Gasteiger partial charge is 0.264 e. The van der Waals surface area contributed by atoms with Crippen molar-refractivity contribution in [2.75, 3.05) is 34.4 Å². The van der Waals surface area contributed by atoms with Crippen molar-refractivity contribution in [3.05, 3.63) is 77.6 Å². The molecule has 4 heterocycles. The van der Waals surface area contributed by atoms with Crippen LogP contribution in [0.15, 0.2) is 60.8 Å². The van der Waals surface area contributed by atoms with Gasteiger partial charge in [0.25, 0.3) is 5.91 Å². The molecule has 3 aliphatic rings. The van der Waals surface area contributed by atoms with E-state index in [2.05, 4.69) is 10.3 Å². The molecule has 3 aliphatic heterocycles. The van der Waals surface area contributed by atoms with Crippen molar-refractivity contribution in [2.24, 2.45) is 5.92 Å². The summed E-state index contributed by atoms with van der Waals surface area (Å²) in [5, 5.41) is 29.5. The Morgan fingerprint density at radius 1 is 1.00 bits per heavy atom. The van der Waals surface area contributed by atoms with E-state index in [1.807, 2.05) is 55.5 Å². The number of aryl methyl sites for hydroxylation is 1. The lowest BCUT2D eigenvalue weighted by Crippen LogP contribution is -2.44. The molecule has 0 saturated carbocycles. The predicted molar refractivity (Wildman–Crippen MR) is 165 cm³/mol. The number of aromatic nitrogens is 3. The monoisotopic (exact) mass is 598 g/mol. The number of aliphatic hydroxyl groups excluding tert-OH is 1. The van der Waals surface area contributed by atoms with Gasteiger partial charge in [-0.3, -0.25) is 19.1 Å². The van der Waals surface area contributed by atoms with Crippen LogP contribution < -0.4 is 14.7 Å². The Morgan fingerprint density at radius 2 is 1.73 bits per heavy atom. The minimum atomic E-state index is -1.84. The Morgan fingerprint density at radius 3 is 2.41 bits per heavy atom. The summed E-state index contributed by atoms with van der Waals surface area (Å²) in [4.78, 5) is 44.2. The zero-order chi connectivity index (χ0) is 30.8. The third-order valence-corrected chi connectivity index (χ3v) is 8.84. The molecule has 2 fully saturated rings. The molecule has 0 radical (unpaired) electrons. The van der Waals surface area contributed by atoms with Gasteiger partial charge >= 0.3 is 0 Å². The highest BCUT2D eigenvalue weighted by atomic mass is 16.3. The molecule has 0 bridgehead atoms. The molecule has 2 saturated heterocycles. The fourth-order valence-electron chi connectivity index (χ4n) is 6.43. The highest BCUT2D eigenvalue weighted by Crippen LogP contribution is 2.47. The number of allylic oxidation sites excluding steroid dienone is 1. The summed E-state index contributed by atoms with van der Waals surface area (Å²) in [6.07, 6.45) is 9.24. The Hall–Kier alpha value is -4.35. The lowest BCUT2D eigenvalue weighted by molar-refractivity contribution is -0.139. The Balaban J connectivity index is 1.27. The van der Waals surface area contributed by atoms with Crippen molar-refractivity contribution in [2.45, 2.75) is 64.1 Å². The number of carbonyl (C=O) groups is 3. The van der Waals surface area contributed by atoms with Crippen LogP contribution in [-0.4, -0.2) is 62.6 Å². The second kappa shape index (κ2) is 12.3. The first kappa shape index (κ1) is 29.7. The lowest BCUT2D eigenvalue weighted by Gasteiger charge is -2.28. The van der Waals surface area contributed by atoms with E-state index in [0.29, 0.717) is 62.3 Å². The average Bonchev–Trinajstić information content (AvgIpc) is 3.81. The van der Waals surface area contributed by atoms with E-state index in [4.69, 9.17) is 5.11 Å². The van der Waals surface area contributed by atoms with Crippen molar-refractivity contribution < 1.29 is 24.6 Å². The highest BCUT2D eigenvalue weighted by molar-refractivity contribution is 6.08. The molecule has 0 spiro atoms. The summed E-state index contributed by atoms with van der Waals surface area (Å²) in [7, 11) is 0. The van der Waals surface area contributed by atoms with Gasteiger partial charge in [0.1, 0.15) is 0 Å². The topological polar surface area (TPSA) is 132 Å². The van der Waals surface area contributed by atoms with E-state index in [1.54, 1.807) is 31.6 Å². The van der Waals surface area contributed by atoms with Gasteiger partial charge in [0.2, 0.25) is 11.8 Å². The second-order valence-corrected chi connectivity index (χ2v) is 11.8. The number of carbonyl (C=O) groups excluding carboxylic acids is 3. The third-order valence-electron chi connectivity index (χ3n) is 8.84. The summed E-state index contributed by atoms with van der Waals surface area (Å²) in [6, 6.07) is 13.1. The van der Waals surface area contributed by atoms with E-state index in [1.165, 1.54) is 0 Å². The van der Waals surface area contributed by atoms with Gasteiger partial charge in [-0.05, 0) is 55.2 Å². The van der Waals surface area contributed by atoms with Crippen LogP contribution >= 0.6 is 0 Å². The maximum atomic E-state index is 14.2. The number of benzene rings is 2. The lowest BCUT2D eigenvalue weighted by atomic mass is 9.82. The van der Waals surface area contributed by atoms with Gasteiger partial charge in [0.05, 0.1) is 17.9 Å². The molecule has 1 aromatic heterocycles. The summed E-state index contributed by atoms with van der Waals surface area (Å²) in [5.74, 6) is -0.871. The largest absolute Gasteiger partial charge is 0.396 e. The van der Waals surface area contributed by atoms with Crippen LogP contribution in [-0.2, 0) is 39.5 Å². The van der Waals surface area contributed by atoms with Gasteiger partial charge in [-0.15, -0.1) is 5.10 Å². The van der Waals surface area contributed by atoms with Crippen LogP contribution in [0.25, 0.3) is 0 Å². The first-order valence-electron chi connectivity index (χ1n) is 15.3. The summed E-state index contributed by atoms with van der Waals surface area (Å²) in [6.45, 7) is 3.91. The minimum Gasteiger partial charge on any atom is -0.396 e. The van der Waals surface area contributed by atoms with E-state index in [0.717, 1.165) is 29.8 Å². The maximum Gasteiger partial charge on any atom is 0.264 e. The van der Waals surface area contributed by atoms with Crippen LogP contribution in [0, 0.1) is 5.92 Å². The van der Waals surface area contributed by atoms with Gasteiger partial charge in [-0.1, -0.05) is 36.4 Å². The number of aliphatic hydroxyl groups is 2. The van der Waals surface area contributed by atoms with E-state index in [-0.39, 0.29) is 25.0 Å². The SMILES string of the molecule is C[C@@H](/C=C/CCn1cc(CCO)nn1)[C@]1(O)C(=O)N(Cc2cccc(N3CCCC3=O)c2)c2ccc(N3CCCC3=O)cc21. The van der Waals surface area contributed by atoms with E-state index >= 15 is 0 Å². The standard InChI is InChI=1S/C33H38N6O5/c1-23(7-2-3-15-36-22-25(14-18-40)34-35-36)33(44)28-20-27(38-17-6-11-31(38)42)12-13-29(28)39(32(33)43)21-24-8-4-9-26(19-24)37-16-5-10-30(37)41/h2,4,7-9,12-13,19-20,22-23,40,44H,3,5-6,10-11,14-18,21H2,1H3/b7-2+/t23-,33+/m0/s1. The van der Waals surface area contributed by atoms with Crippen LogP contribution in [0.2, 0.25) is 0 Å². The van der Waals surface area contributed by atoms with Gasteiger partial charge in [0, 0.05) is 74.6 Å². The first-order chi connectivity index (χ1) is 21.3. The Labute approximate surface area is 256 Å². The van der Waals surface area contributed by atoms with Crippen molar-refractivity contribution in [1.29, 1.82) is 0 Å². The molecule has 2 N–H and O–H groups in total. The molecular formula is C33H38N6O5. The fourth-order valence-corrected chi connectivity index (χ4v) is 6.43. The molecule has 44 heavy (non-hydrogen) atoms. The maximum absolute atomic E-state index is 14.2. The van der Waals surface area contributed by atoms with Crippen molar-refractivity contribution in [3.63, 3.8) is 0 Å². The first-order valence-corrected chi connectivity index (χ1v) is 15.3. The molecule has 11 heteroatoms. The van der Waals surface area contributed by atoms with Crippen molar-refractivity contribution in [1.82, 2.24) is 15.0 Å². The number of hydrogen-bond acceptors (Lipinski definition) is 7. The van der Waals surface area contributed by atoms with Gasteiger partial charge in [0.15, 0.2) is 5.60 Å². The fraction of sp³-hybridized carbons (Fsp3) is 0.424. The minimum absolute atomic E-state index is 0.0123. The molecule has 230 valence electrons. The molecule has 3 amide bonds. The summed E-state index contributed by atoms with van der Waals surface area (Å²) in [5.41, 5.74) is 2.30. The number of nitrogens with zero attached hydrogens (tertiary/aromatic N) is 6. The predicted octanol–water partition coefficient (Wildman–Crippen LogP) is 3.08. The van der Waals surface area contributed by atoms with Crippen molar-refractivity contribution >= 4 is 34.8 Å². The quantitative estimate of drug-likeness (QED) is 0.324. The third kappa shape index (κ3) is 5.53. The molecular weight excluding hydrogens is 560 g/mol. The van der Waals surface area contributed by atoms with E-state index < -0.39 is 17.4 Å². The Kier molecular flexibility index (Phi) is 8.33. The van der Waals surface area contributed by atoms with Crippen LogP contribution in [0.3, 0.4) is 0 Å². The number of amides is 3. The Bertz CT molecular complexity index is 1600. The normalized spacial score (nSPS) is 20.9. The zero-order valence-corrected chi connectivity index (χ0v) is 24.9. The van der Waals surface area contributed by atoms with Crippen LogP contribution in [0.4, 0.5) is 17.1 Å². The number of fused-ring (bicyclic) bond motifs is 1. The van der Waals surface area contributed by atoms with Crippen LogP contribution in [0.1, 0.15) is 55.8 Å². The summed E-state index contributed by atoms with van der Waals surface area (Å²) < 4.78 is 1.70. The number of hydrogen-bond donors (Lipinski definition) is 2. The highest BCUT2D eigenvalue weighted by Gasteiger charge is 2.52.